The number of hydrogen-bond acceptors (Lipinski definition) is 3. The van der Waals surface area contributed by atoms with Crippen LogP contribution in [0.5, 0.6) is 0 Å². The molecule has 2 rings (SSSR count). The lowest BCUT2D eigenvalue weighted by Gasteiger charge is -2.02. The summed E-state index contributed by atoms with van der Waals surface area (Å²) in [4.78, 5) is 0. The second kappa shape index (κ2) is 5.22. The maximum absolute atomic E-state index is 13.0. The van der Waals surface area contributed by atoms with Gasteiger partial charge in [0.1, 0.15) is 5.69 Å². The van der Waals surface area contributed by atoms with E-state index >= 15 is 0 Å². The highest BCUT2D eigenvalue weighted by atomic mass is 19.2. The van der Waals surface area contributed by atoms with Gasteiger partial charge in [0, 0.05) is 0 Å². The number of benzene rings is 1. The van der Waals surface area contributed by atoms with Crippen molar-refractivity contribution in [3.8, 4) is 0 Å². The van der Waals surface area contributed by atoms with E-state index in [-0.39, 0.29) is 6.54 Å². The molecule has 0 bridgehead atoms. The summed E-state index contributed by atoms with van der Waals surface area (Å²) in [7, 11) is 0. The Morgan fingerprint density at radius 3 is 2.78 bits per heavy atom. The number of hydrogen-bond donors (Lipinski definition) is 1. The van der Waals surface area contributed by atoms with Gasteiger partial charge in [-0.1, -0.05) is 18.2 Å². The quantitative estimate of drug-likeness (QED) is 0.907. The Bertz CT molecular complexity index is 542. The Labute approximate surface area is 103 Å². The number of nitrogens with zero attached hydrogens (tertiary/aromatic N) is 3. The molecule has 0 saturated carbocycles. The molecule has 0 aliphatic carbocycles. The molecule has 1 heterocycles. The summed E-state index contributed by atoms with van der Waals surface area (Å²) in [5.74, 6) is -1.76. The third-order valence-electron chi connectivity index (χ3n) is 2.61. The van der Waals surface area contributed by atoms with Crippen LogP contribution in [0.15, 0.2) is 24.4 Å². The first-order valence-corrected chi connectivity index (χ1v) is 5.62. The summed E-state index contributed by atoms with van der Waals surface area (Å²) in [6.07, 6.45) is 1.49. The molecular weight excluding hydrogens is 240 g/mol. The number of halogens is 2. The van der Waals surface area contributed by atoms with Crippen molar-refractivity contribution in [3.63, 3.8) is 0 Å². The minimum atomic E-state index is -0.888. The van der Waals surface area contributed by atoms with Crippen molar-refractivity contribution in [1.29, 1.82) is 0 Å². The molecule has 0 fully saturated rings. The zero-order valence-corrected chi connectivity index (χ0v) is 9.85. The molecule has 2 aromatic rings. The fourth-order valence-corrected chi connectivity index (χ4v) is 1.58. The molecule has 0 radical (unpaired) electrons. The first-order chi connectivity index (χ1) is 8.60. The minimum absolute atomic E-state index is 0.278. The molecule has 1 aromatic heterocycles. The summed E-state index contributed by atoms with van der Waals surface area (Å²) < 4.78 is 27.2. The van der Waals surface area contributed by atoms with Crippen LogP contribution in [0.25, 0.3) is 0 Å². The predicted octanol–water partition coefficient (Wildman–Crippen LogP) is 2.05. The molecule has 0 spiro atoms. The molecule has 1 atom stereocenters. The van der Waals surface area contributed by atoms with Crippen LogP contribution in [0.3, 0.4) is 0 Å². The second-order valence-corrected chi connectivity index (χ2v) is 4.01. The number of aliphatic hydroxyl groups is 1. The molecule has 18 heavy (non-hydrogen) atoms. The van der Waals surface area contributed by atoms with Crippen molar-refractivity contribution in [3.05, 3.63) is 47.3 Å². The Hall–Kier alpha value is -1.82. The molecule has 6 heteroatoms. The maximum atomic E-state index is 13.0. The van der Waals surface area contributed by atoms with Gasteiger partial charge in [-0.2, -0.15) is 0 Å². The van der Waals surface area contributed by atoms with E-state index in [1.54, 1.807) is 6.20 Å². The number of rotatable bonds is 4. The van der Waals surface area contributed by atoms with Crippen LogP contribution >= 0.6 is 0 Å². The third-order valence-corrected chi connectivity index (χ3v) is 2.61. The first-order valence-electron chi connectivity index (χ1n) is 5.62. The van der Waals surface area contributed by atoms with Gasteiger partial charge in [0.05, 0.1) is 18.8 Å². The molecule has 1 unspecified atom stereocenters. The van der Waals surface area contributed by atoms with Gasteiger partial charge in [-0.25, -0.2) is 13.5 Å². The maximum Gasteiger partial charge on any atom is 0.159 e. The molecule has 1 N–H and O–H groups in total. The zero-order valence-electron chi connectivity index (χ0n) is 9.85. The van der Waals surface area contributed by atoms with E-state index < -0.39 is 17.7 Å². The van der Waals surface area contributed by atoms with Crippen LogP contribution in [0, 0.1) is 11.6 Å². The van der Waals surface area contributed by atoms with Crippen molar-refractivity contribution in [2.24, 2.45) is 0 Å². The van der Waals surface area contributed by atoms with Crippen LogP contribution in [0.1, 0.15) is 30.7 Å². The SMILES string of the molecule is CCC(O)c1cn(Cc2ccc(F)c(F)c2)nn1. The summed E-state index contributed by atoms with van der Waals surface area (Å²) in [6, 6.07) is 3.67. The normalized spacial score (nSPS) is 12.7. The van der Waals surface area contributed by atoms with Gasteiger partial charge in [0.25, 0.3) is 0 Å². The Morgan fingerprint density at radius 2 is 2.11 bits per heavy atom. The Morgan fingerprint density at radius 1 is 1.33 bits per heavy atom. The highest BCUT2D eigenvalue weighted by Gasteiger charge is 2.10. The topological polar surface area (TPSA) is 50.9 Å². The van der Waals surface area contributed by atoms with Gasteiger partial charge < -0.3 is 5.11 Å². The average Bonchev–Trinajstić information content (AvgIpc) is 2.81. The van der Waals surface area contributed by atoms with Crippen LogP contribution in [0.4, 0.5) is 8.78 Å². The van der Waals surface area contributed by atoms with Gasteiger partial charge in [0.15, 0.2) is 11.6 Å². The molecule has 0 amide bonds. The van der Waals surface area contributed by atoms with Crippen molar-refractivity contribution in [1.82, 2.24) is 15.0 Å². The molecule has 96 valence electrons. The second-order valence-electron chi connectivity index (χ2n) is 4.01. The summed E-state index contributed by atoms with van der Waals surface area (Å²) in [6.45, 7) is 2.11. The monoisotopic (exact) mass is 253 g/mol. The number of aliphatic hydroxyl groups excluding tert-OH is 1. The van der Waals surface area contributed by atoms with Crippen LogP contribution in [-0.4, -0.2) is 20.1 Å². The fourth-order valence-electron chi connectivity index (χ4n) is 1.58. The lowest BCUT2D eigenvalue weighted by atomic mass is 10.2. The first kappa shape index (κ1) is 12.6. The van der Waals surface area contributed by atoms with Gasteiger partial charge in [-0.05, 0) is 24.1 Å². The van der Waals surface area contributed by atoms with Gasteiger partial charge >= 0.3 is 0 Å². The summed E-state index contributed by atoms with van der Waals surface area (Å²) in [5.41, 5.74) is 1.05. The third kappa shape index (κ3) is 2.70. The van der Waals surface area contributed by atoms with Crippen molar-refractivity contribution >= 4 is 0 Å². The highest BCUT2D eigenvalue weighted by Crippen LogP contribution is 2.13. The van der Waals surface area contributed by atoms with Gasteiger partial charge in [-0.3, -0.25) is 0 Å². The highest BCUT2D eigenvalue weighted by molar-refractivity contribution is 5.18. The molecule has 0 aliphatic rings. The Kier molecular flexibility index (Phi) is 3.66. The molecular formula is C12H13F2N3O. The fraction of sp³-hybridized carbons (Fsp3) is 0.333. The van der Waals surface area contributed by atoms with Crippen LogP contribution in [0.2, 0.25) is 0 Å². The van der Waals surface area contributed by atoms with E-state index in [1.807, 2.05) is 6.92 Å². The molecule has 0 aliphatic heterocycles. The summed E-state index contributed by atoms with van der Waals surface area (Å²) >= 11 is 0. The van der Waals surface area contributed by atoms with Crippen LogP contribution < -0.4 is 0 Å². The average molecular weight is 253 g/mol. The van der Waals surface area contributed by atoms with E-state index in [0.717, 1.165) is 12.1 Å². The zero-order chi connectivity index (χ0) is 13.1. The largest absolute Gasteiger partial charge is 0.387 e. The Balaban J connectivity index is 2.13. The van der Waals surface area contributed by atoms with E-state index in [9.17, 15) is 13.9 Å². The molecule has 1 aromatic carbocycles. The van der Waals surface area contributed by atoms with E-state index in [2.05, 4.69) is 10.3 Å². The minimum Gasteiger partial charge on any atom is -0.387 e. The summed E-state index contributed by atoms with van der Waals surface area (Å²) in [5, 5.41) is 17.2. The standard InChI is InChI=1S/C12H13F2N3O/c1-2-12(18)11-7-17(16-15-11)6-8-3-4-9(13)10(14)5-8/h3-5,7,12,18H,2,6H2,1H3. The van der Waals surface area contributed by atoms with E-state index in [1.165, 1.54) is 10.7 Å². The molecule has 0 saturated heterocycles. The van der Waals surface area contributed by atoms with Crippen molar-refractivity contribution in [2.75, 3.05) is 0 Å². The van der Waals surface area contributed by atoms with Crippen LogP contribution in [-0.2, 0) is 6.54 Å². The lowest BCUT2D eigenvalue weighted by Crippen LogP contribution is -2.01. The lowest BCUT2D eigenvalue weighted by molar-refractivity contribution is 0.168. The van der Waals surface area contributed by atoms with Gasteiger partial charge in [0.2, 0.25) is 0 Å². The number of aromatic nitrogens is 3. The van der Waals surface area contributed by atoms with E-state index in [0.29, 0.717) is 17.7 Å². The molecule has 4 nitrogen and oxygen atoms in total. The van der Waals surface area contributed by atoms with Crippen molar-refractivity contribution < 1.29 is 13.9 Å². The van der Waals surface area contributed by atoms with E-state index in [4.69, 9.17) is 0 Å². The van der Waals surface area contributed by atoms with Gasteiger partial charge in [-0.15, -0.1) is 5.10 Å². The predicted molar refractivity (Wildman–Crippen MR) is 60.7 cm³/mol. The van der Waals surface area contributed by atoms with Crippen molar-refractivity contribution in [2.45, 2.75) is 26.0 Å². The smallest absolute Gasteiger partial charge is 0.159 e.